The first-order valence-corrected chi connectivity index (χ1v) is 10.8. The van der Waals surface area contributed by atoms with Crippen LogP contribution in [0.25, 0.3) is 0 Å². The molecule has 2 fully saturated rings. The maximum absolute atomic E-state index is 12.6. The number of ether oxygens (including phenoxy) is 2. The summed E-state index contributed by atoms with van der Waals surface area (Å²) in [5.41, 5.74) is -0.630. The molecule has 3 rings (SSSR count). The van der Waals surface area contributed by atoms with E-state index in [1.165, 1.54) is 28.6 Å². The number of alkyl halides is 2. The van der Waals surface area contributed by atoms with Crippen molar-refractivity contribution in [3.8, 4) is 0 Å². The summed E-state index contributed by atoms with van der Waals surface area (Å²) < 4.78 is 35.4. The highest BCUT2D eigenvalue weighted by Crippen LogP contribution is 2.64. The van der Waals surface area contributed by atoms with Gasteiger partial charge in [0, 0.05) is 25.2 Å². The van der Waals surface area contributed by atoms with Gasteiger partial charge in [-0.15, -0.1) is 23.2 Å². The predicted molar refractivity (Wildman–Crippen MR) is 103 cm³/mol. The molecule has 1 aliphatic carbocycles. The van der Waals surface area contributed by atoms with E-state index in [0.29, 0.717) is 32.0 Å². The smallest absolute Gasteiger partial charge is 0.315 e. The minimum atomic E-state index is -3.60. The van der Waals surface area contributed by atoms with Crippen LogP contribution in [0.1, 0.15) is 13.3 Å². The van der Waals surface area contributed by atoms with Gasteiger partial charge < -0.3 is 14.8 Å². The first kappa shape index (κ1) is 21.3. The van der Waals surface area contributed by atoms with Crippen molar-refractivity contribution in [3.63, 3.8) is 0 Å². The first-order chi connectivity index (χ1) is 13.1. The van der Waals surface area contributed by atoms with E-state index in [0.717, 1.165) is 0 Å². The zero-order valence-corrected chi connectivity index (χ0v) is 17.4. The molecule has 1 aromatic rings. The molecule has 8 nitrogen and oxygen atoms in total. The number of hydrogen-bond donors (Lipinski definition) is 1. The number of amides is 1. The summed E-state index contributed by atoms with van der Waals surface area (Å²) in [6, 6.07) is 5.76. The van der Waals surface area contributed by atoms with Crippen LogP contribution in [0.2, 0.25) is 0 Å². The van der Waals surface area contributed by atoms with Crippen LogP contribution in [0, 0.1) is 5.41 Å². The van der Waals surface area contributed by atoms with E-state index in [9.17, 15) is 18.0 Å². The van der Waals surface area contributed by atoms with Gasteiger partial charge in [-0.05, 0) is 31.2 Å². The van der Waals surface area contributed by atoms with Crippen molar-refractivity contribution in [3.05, 3.63) is 24.3 Å². The van der Waals surface area contributed by atoms with Gasteiger partial charge in [0.25, 0.3) is 5.91 Å². The highest BCUT2D eigenvalue weighted by molar-refractivity contribution is 7.89. The van der Waals surface area contributed by atoms with Gasteiger partial charge in [0.1, 0.15) is 9.75 Å². The van der Waals surface area contributed by atoms with E-state index >= 15 is 0 Å². The summed E-state index contributed by atoms with van der Waals surface area (Å²) in [6.07, 6.45) is 0.267. The largest absolute Gasteiger partial charge is 0.455 e. The number of halogens is 2. The second kappa shape index (κ2) is 7.79. The van der Waals surface area contributed by atoms with Crippen molar-refractivity contribution in [2.75, 3.05) is 38.2 Å². The molecule has 1 N–H and O–H groups in total. The number of morpholine rings is 1. The Bertz CT molecular complexity index is 868. The molecule has 1 atom stereocenters. The molecule has 1 aliphatic heterocycles. The summed E-state index contributed by atoms with van der Waals surface area (Å²) in [7, 11) is -3.60. The maximum Gasteiger partial charge on any atom is 0.315 e. The quantitative estimate of drug-likeness (QED) is 0.523. The third kappa shape index (κ3) is 4.28. The Balaban J connectivity index is 1.54. The second-order valence-electron chi connectivity index (χ2n) is 6.88. The fourth-order valence-electron chi connectivity index (χ4n) is 2.76. The van der Waals surface area contributed by atoms with Gasteiger partial charge in [0.15, 0.2) is 6.61 Å². The highest BCUT2D eigenvalue weighted by atomic mass is 35.5. The Kier molecular flexibility index (Phi) is 5.94. The number of carbonyl (C=O) groups excluding carboxylic acids is 2. The summed E-state index contributed by atoms with van der Waals surface area (Å²) >= 11 is 11.8. The van der Waals surface area contributed by atoms with E-state index < -0.39 is 38.3 Å². The van der Waals surface area contributed by atoms with Crippen molar-refractivity contribution in [1.82, 2.24) is 4.31 Å². The molecule has 2 aliphatic rings. The molecule has 1 aromatic carbocycles. The molecule has 1 saturated heterocycles. The number of rotatable bonds is 6. The van der Waals surface area contributed by atoms with Gasteiger partial charge >= 0.3 is 5.97 Å². The van der Waals surface area contributed by atoms with Crippen molar-refractivity contribution in [2.24, 2.45) is 5.41 Å². The maximum atomic E-state index is 12.6. The lowest BCUT2D eigenvalue weighted by molar-refractivity contribution is -0.152. The molecule has 28 heavy (non-hydrogen) atoms. The number of hydrogen-bond acceptors (Lipinski definition) is 6. The Morgan fingerprint density at radius 1 is 1.21 bits per heavy atom. The zero-order valence-electron chi connectivity index (χ0n) is 15.1. The van der Waals surface area contributed by atoms with Gasteiger partial charge in [-0.1, -0.05) is 0 Å². The normalized spacial score (nSPS) is 24.4. The molecule has 0 bridgehead atoms. The number of benzene rings is 1. The number of carbonyl (C=O) groups is 2. The molecule has 0 radical (unpaired) electrons. The molecular formula is C17H20Cl2N2O6S. The zero-order chi connectivity index (χ0) is 20.6. The van der Waals surface area contributed by atoms with Crippen molar-refractivity contribution >= 4 is 50.8 Å². The van der Waals surface area contributed by atoms with Crippen molar-refractivity contribution < 1.29 is 27.5 Å². The second-order valence-corrected chi connectivity index (χ2v) is 10.3. The van der Waals surface area contributed by atoms with Gasteiger partial charge in [0.2, 0.25) is 10.0 Å². The van der Waals surface area contributed by atoms with Crippen LogP contribution in [0.5, 0.6) is 0 Å². The standard InChI is InChI=1S/C17H20Cl2N2O6S/c1-16(11-17(16,18)19)15(23)27-10-14(22)20-12-2-4-13(5-3-12)28(24,25)21-6-8-26-9-7-21/h2-5H,6-11H2,1H3,(H,20,22)/t16-/m1/s1. The number of esters is 1. The van der Waals surface area contributed by atoms with Crippen LogP contribution in [0.4, 0.5) is 5.69 Å². The minimum absolute atomic E-state index is 0.126. The topological polar surface area (TPSA) is 102 Å². The van der Waals surface area contributed by atoms with Gasteiger partial charge in [-0.3, -0.25) is 9.59 Å². The van der Waals surface area contributed by atoms with Gasteiger partial charge in [-0.2, -0.15) is 4.31 Å². The van der Waals surface area contributed by atoms with E-state index in [1.54, 1.807) is 6.92 Å². The molecule has 0 unspecified atom stereocenters. The minimum Gasteiger partial charge on any atom is -0.455 e. The van der Waals surface area contributed by atoms with E-state index in [-0.39, 0.29) is 11.3 Å². The van der Waals surface area contributed by atoms with Crippen LogP contribution in [-0.2, 0) is 29.1 Å². The number of nitrogens with one attached hydrogen (secondary N) is 1. The van der Waals surface area contributed by atoms with E-state index in [1.807, 2.05) is 0 Å². The van der Waals surface area contributed by atoms with E-state index in [2.05, 4.69) is 5.32 Å². The summed E-state index contributed by atoms with van der Waals surface area (Å²) in [5.74, 6) is -1.20. The molecular weight excluding hydrogens is 431 g/mol. The lowest BCUT2D eigenvalue weighted by Gasteiger charge is -2.26. The average molecular weight is 451 g/mol. The third-order valence-electron chi connectivity index (χ3n) is 4.79. The Morgan fingerprint density at radius 2 is 1.79 bits per heavy atom. The Morgan fingerprint density at radius 3 is 2.32 bits per heavy atom. The molecule has 0 spiro atoms. The molecule has 1 amide bonds. The first-order valence-electron chi connectivity index (χ1n) is 8.59. The Hall–Kier alpha value is -1.39. The van der Waals surface area contributed by atoms with Crippen LogP contribution >= 0.6 is 23.2 Å². The van der Waals surface area contributed by atoms with Crippen LogP contribution < -0.4 is 5.32 Å². The SMILES string of the molecule is C[C@]1(C(=O)OCC(=O)Nc2ccc(S(=O)(=O)N3CCOCC3)cc2)CC1(Cl)Cl. The van der Waals surface area contributed by atoms with Crippen LogP contribution in [0.3, 0.4) is 0 Å². The third-order valence-corrected chi connectivity index (χ3v) is 7.80. The molecule has 11 heteroatoms. The summed E-state index contributed by atoms with van der Waals surface area (Å²) in [5, 5.41) is 2.54. The lowest BCUT2D eigenvalue weighted by atomic mass is 10.1. The van der Waals surface area contributed by atoms with E-state index in [4.69, 9.17) is 32.7 Å². The van der Waals surface area contributed by atoms with Crippen molar-refractivity contribution in [2.45, 2.75) is 22.6 Å². The number of anilines is 1. The van der Waals surface area contributed by atoms with Crippen LogP contribution in [0.15, 0.2) is 29.2 Å². The molecule has 0 aromatic heterocycles. The highest BCUT2D eigenvalue weighted by Gasteiger charge is 2.69. The van der Waals surface area contributed by atoms with Crippen molar-refractivity contribution in [1.29, 1.82) is 0 Å². The summed E-state index contributed by atoms with van der Waals surface area (Å²) in [4.78, 5) is 24.0. The van der Waals surface area contributed by atoms with Gasteiger partial charge in [0.05, 0.1) is 18.1 Å². The molecule has 1 heterocycles. The molecule has 154 valence electrons. The Labute approximate surface area is 173 Å². The van der Waals surface area contributed by atoms with Gasteiger partial charge in [-0.25, -0.2) is 8.42 Å². The number of nitrogens with zero attached hydrogens (tertiary/aromatic N) is 1. The monoisotopic (exact) mass is 450 g/mol. The van der Waals surface area contributed by atoms with Crippen LogP contribution in [-0.4, -0.2) is 61.8 Å². The molecule has 1 saturated carbocycles. The lowest BCUT2D eigenvalue weighted by Crippen LogP contribution is -2.40. The fraction of sp³-hybridized carbons (Fsp3) is 0.529. The average Bonchev–Trinajstić information content (AvgIpc) is 3.20. The number of sulfonamides is 1. The predicted octanol–water partition coefficient (Wildman–Crippen LogP) is 1.77. The fourth-order valence-corrected chi connectivity index (χ4v) is 4.85. The summed E-state index contributed by atoms with van der Waals surface area (Å²) in [6.45, 7) is 2.40.